The molecule has 0 aliphatic rings. The van der Waals surface area contributed by atoms with E-state index in [1.165, 1.54) is 31.9 Å². The molecule has 10 nitrogen and oxygen atoms in total. The first-order valence-electron chi connectivity index (χ1n) is 10.7. The van der Waals surface area contributed by atoms with E-state index in [2.05, 4.69) is 51.3 Å². The molecule has 0 bridgehead atoms. The standard InChI is InChI=1S/C12H12BrFN2O3.C11H10BrFN2O3/c1-18-9(17)4-3-7-5-16-6-8(13)11(19-2)10(14)12(16)15-7;1-18-8(16)3-2-6-4-15-5-7(12)10(17)9(13)11(15)14-6/h5-6H,3-4H2,1-2H3;4-5,14H,2-3H2,1H3. The number of carbonyl (C=O) groups is 2. The smallest absolute Gasteiger partial charge is 0.305 e. The monoisotopic (exact) mass is 646 g/mol. The number of esters is 2. The molecule has 198 valence electrons. The van der Waals surface area contributed by atoms with E-state index in [-0.39, 0.29) is 46.3 Å². The summed E-state index contributed by atoms with van der Waals surface area (Å²) in [6, 6.07) is 0. The Hall–Kier alpha value is -3.26. The van der Waals surface area contributed by atoms with Gasteiger partial charge in [0, 0.05) is 36.9 Å². The molecular weight excluding hydrogens is 626 g/mol. The van der Waals surface area contributed by atoms with E-state index in [0.717, 1.165) is 0 Å². The number of pyridine rings is 2. The zero-order valence-corrected chi connectivity index (χ0v) is 23.1. The Balaban J connectivity index is 0.000000206. The molecule has 0 aliphatic heterocycles. The third-order valence-electron chi connectivity index (χ3n) is 5.20. The maximum atomic E-state index is 14.1. The molecule has 0 amide bonds. The fourth-order valence-corrected chi connectivity index (χ4v) is 4.29. The number of imidazole rings is 2. The Kier molecular flexibility index (Phi) is 9.43. The lowest BCUT2D eigenvalue weighted by Crippen LogP contribution is -2.09. The first kappa shape index (κ1) is 28.3. The maximum Gasteiger partial charge on any atom is 0.305 e. The summed E-state index contributed by atoms with van der Waals surface area (Å²) in [7, 11) is 4.03. The lowest BCUT2D eigenvalue weighted by molar-refractivity contribution is -0.141. The van der Waals surface area contributed by atoms with Crippen LogP contribution < -0.4 is 10.2 Å². The highest BCUT2D eigenvalue weighted by Gasteiger charge is 2.16. The number of halogens is 4. The number of rotatable bonds is 7. The number of nitrogens with one attached hydrogen (secondary N) is 1. The molecule has 37 heavy (non-hydrogen) atoms. The molecule has 4 aromatic rings. The van der Waals surface area contributed by atoms with Gasteiger partial charge < -0.3 is 28.0 Å². The molecule has 4 heterocycles. The van der Waals surface area contributed by atoms with Crippen LogP contribution in [0, 0.1) is 11.6 Å². The van der Waals surface area contributed by atoms with Crippen molar-refractivity contribution in [3.63, 3.8) is 0 Å². The van der Waals surface area contributed by atoms with Gasteiger partial charge in [0.15, 0.2) is 17.0 Å². The number of carbonyl (C=O) groups excluding carboxylic acids is 2. The normalized spacial score (nSPS) is 10.8. The maximum absolute atomic E-state index is 14.1. The van der Waals surface area contributed by atoms with Crippen molar-refractivity contribution < 1.29 is 32.6 Å². The van der Waals surface area contributed by atoms with Gasteiger partial charge in [-0.25, -0.2) is 4.98 Å². The third kappa shape index (κ3) is 6.55. The van der Waals surface area contributed by atoms with Gasteiger partial charge in [-0.1, -0.05) is 0 Å². The molecule has 4 rings (SSSR count). The van der Waals surface area contributed by atoms with Gasteiger partial charge in [0.1, 0.15) is 0 Å². The van der Waals surface area contributed by atoms with Crippen LogP contribution in [-0.2, 0) is 31.9 Å². The van der Waals surface area contributed by atoms with Crippen molar-refractivity contribution in [2.75, 3.05) is 21.3 Å². The zero-order chi connectivity index (χ0) is 27.3. The van der Waals surface area contributed by atoms with Gasteiger partial charge in [-0.05, 0) is 38.3 Å². The second-order valence-electron chi connectivity index (χ2n) is 7.60. The molecule has 1 N–H and O–H groups in total. The first-order valence-corrected chi connectivity index (χ1v) is 12.3. The third-order valence-corrected chi connectivity index (χ3v) is 6.33. The van der Waals surface area contributed by atoms with E-state index in [4.69, 9.17) is 4.74 Å². The van der Waals surface area contributed by atoms with E-state index < -0.39 is 17.1 Å². The molecule has 14 heteroatoms. The number of methoxy groups -OCH3 is 3. The number of aryl methyl sites for hydroxylation is 2. The Bertz CT molecular complexity index is 1510. The SMILES string of the molecule is COC(=O)CCc1cn2cc(Br)c(=O)c(F)c2[nH]1.COC(=O)CCc1cn2cc(Br)c(OC)c(F)c2n1. The number of ether oxygens (including phenoxy) is 3. The molecule has 0 spiro atoms. The van der Waals surface area contributed by atoms with E-state index in [1.807, 2.05) is 0 Å². The molecule has 0 aromatic carbocycles. The van der Waals surface area contributed by atoms with Crippen molar-refractivity contribution in [3.8, 4) is 5.75 Å². The van der Waals surface area contributed by atoms with Crippen LogP contribution in [0.25, 0.3) is 11.3 Å². The largest absolute Gasteiger partial charge is 0.492 e. The van der Waals surface area contributed by atoms with Crippen LogP contribution in [0.15, 0.2) is 38.5 Å². The predicted molar refractivity (Wildman–Crippen MR) is 136 cm³/mol. The number of H-pyrrole nitrogens is 1. The lowest BCUT2D eigenvalue weighted by atomic mass is 10.2. The van der Waals surface area contributed by atoms with Crippen molar-refractivity contribution >= 4 is 55.1 Å². The fraction of sp³-hybridized carbons (Fsp3) is 0.304. The summed E-state index contributed by atoms with van der Waals surface area (Å²) in [5.41, 5.74) is 0.820. The Morgan fingerprint density at radius 1 is 0.919 bits per heavy atom. The minimum atomic E-state index is -0.853. The molecule has 0 saturated carbocycles. The number of nitrogens with zero attached hydrogens (tertiary/aromatic N) is 3. The molecule has 0 fully saturated rings. The Morgan fingerprint density at radius 3 is 2.16 bits per heavy atom. The first-order chi connectivity index (χ1) is 17.6. The number of aromatic nitrogens is 4. The summed E-state index contributed by atoms with van der Waals surface area (Å²) in [5, 5.41) is 0. The van der Waals surface area contributed by atoms with Gasteiger partial charge in [-0.15, -0.1) is 0 Å². The van der Waals surface area contributed by atoms with Crippen molar-refractivity contribution in [2.24, 2.45) is 0 Å². The molecule has 0 atom stereocenters. The van der Waals surface area contributed by atoms with Crippen LogP contribution >= 0.6 is 31.9 Å². The highest BCUT2D eigenvalue weighted by Crippen LogP contribution is 2.30. The van der Waals surface area contributed by atoms with Gasteiger partial charge >= 0.3 is 11.9 Å². The van der Waals surface area contributed by atoms with Crippen LogP contribution in [-0.4, -0.2) is 52.0 Å². The number of hydrogen-bond acceptors (Lipinski definition) is 7. The topological polar surface area (TPSA) is 116 Å². The van der Waals surface area contributed by atoms with Crippen LogP contribution in [0.1, 0.15) is 24.2 Å². The quantitative estimate of drug-likeness (QED) is 0.302. The minimum Gasteiger partial charge on any atom is -0.492 e. The molecule has 4 aromatic heterocycles. The van der Waals surface area contributed by atoms with Gasteiger partial charge in [0.05, 0.1) is 48.8 Å². The van der Waals surface area contributed by atoms with Gasteiger partial charge in [-0.2, -0.15) is 8.78 Å². The summed E-state index contributed by atoms with van der Waals surface area (Å²) < 4.78 is 45.4. The van der Waals surface area contributed by atoms with E-state index >= 15 is 0 Å². The number of hydrogen-bond donors (Lipinski definition) is 1. The Labute approximate surface area is 225 Å². The second-order valence-corrected chi connectivity index (χ2v) is 9.30. The van der Waals surface area contributed by atoms with Crippen LogP contribution in [0.4, 0.5) is 8.78 Å². The van der Waals surface area contributed by atoms with Crippen LogP contribution in [0.5, 0.6) is 5.75 Å². The van der Waals surface area contributed by atoms with Crippen molar-refractivity contribution in [3.05, 3.63) is 67.0 Å². The average molecular weight is 648 g/mol. The summed E-state index contributed by atoms with van der Waals surface area (Å²) in [5.74, 6) is -1.95. The molecular formula is C23H22Br2F2N4O6. The van der Waals surface area contributed by atoms with E-state index in [9.17, 15) is 23.2 Å². The summed E-state index contributed by atoms with van der Waals surface area (Å²) in [4.78, 5) is 40.4. The highest BCUT2D eigenvalue weighted by molar-refractivity contribution is 9.10. The lowest BCUT2D eigenvalue weighted by Gasteiger charge is -2.05. The van der Waals surface area contributed by atoms with Gasteiger partial charge in [0.25, 0.3) is 0 Å². The van der Waals surface area contributed by atoms with Crippen molar-refractivity contribution in [2.45, 2.75) is 25.7 Å². The van der Waals surface area contributed by atoms with E-state index in [0.29, 0.717) is 28.7 Å². The summed E-state index contributed by atoms with van der Waals surface area (Å²) >= 11 is 6.21. The summed E-state index contributed by atoms with van der Waals surface area (Å²) in [6.07, 6.45) is 7.62. The highest BCUT2D eigenvalue weighted by atomic mass is 79.9. The van der Waals surface area contributed by atoms with Crippen LogP contribution in [0.2, 0.25) is 0 Å². The fourth-order valence-electron chi connectivity index (χ4n) is 3.34. The van der Waals surface area contributed by atoms with Gasteiger partial charge in [-0.3, -0.25) is 14.4 Å². The van der Waals surface area contributed by atoms with Crippen LogP contribution in [0.3, 0.4) is 0 Å². The predicted octanol–water partition coefficient (Wildman–Crippen LogP) is 3.98. The Morgan fingerprint density at radius 2 is 1.54 bits per heavy atom. The second kappa shape index (κ2) is 12.3. The minimum absolute atomic E-state index is 0.0862. The van der Waals surface area contributed by atoms with Crippen molar-refractivity contribution in [1.82, 2.24) is 18.8 Å². The number of aromatic amines is 1. The van der Waals surface area contributed by atoms with Crippen molar-refractivity contribution in [1.29, 1.82) is 0 Å². The molecule has 0 aliphatic carbocycles. The molecule has 0 saturated heterocycles. The number of fused-ring (bicyclic) bond motifs is 2. The van der Waals surface area contributed by atoms with Gasteiger partial charge in [0.2, 0.25) is 17.1 Å². The average Bonchev–Trinajstić information content (AvgIpc) is 3.49. The molecule has 0 unspecified atom stereocenters. The zero-order valence-electron chi connectivity index (χ0n) is 19.9. The van der Waals surface area contributed by atoms with E-state index in [1.54, 1.807) is 23.0 Å². The summed E-state index contributed by atoms with van der Waals surface area (Å²) in [6.45, 7) is 0. The molecule has 0 radical (unpaired) electrons.